The van der Waals surface area contributed by atoms with E-state index in [1.54, 1.807) is 6.92 Å². The molecule has 0 radical (unpaired) electrons. The van der Waals surface area contributed by atoms with Crippen LogP contribution >= 0.6 is 0 Å². The minimum atomic E-state index is -0.259. The van der Waals surface area contributed by atoms with E-state index in [4.69, 9.17) is 9.47 Å². The van der Waals surface area contributed by atoms with Gasteiger partial charge in [0.2, 0.25) is 0 Å². The number of esters is 1. The van der Waals surface area contributed by atoms with Crippen LogP contribution in [0.1, 0.15) is 20.3 Å². The summed E-state index contributed by atoms with van der Waals surface area (Å²) in [5.74, 6) is -0.214. The first-order valence-electron chi connectivity index (χ1n) is 3.61. The monoisotopic (exact) mass is 144 g/mol. The minimum absolute atomic E-state index is 0.124. The second kappa shape index (κ2) is 3.01. The van der Waals surface area contributed by atoms with Gasteiger partial charge in [-0.25, -0.2) is 4.79 Å². The smallest absolute Gasteiger partial charge is 0.337 e. The number of hydrogen-bond donors (Lipinski definition) is 0. The van der Waals surface area contributed by atoms with Gasteiger partial charge in [-0.2, -0.15) is 0 Å². The number of ether oxygens (including phenoxy) is 2. The van der Waals surface area contributed by atoms with E-state index in [0.717, 1.165) is 6.42 Å². The van der Waals surface area contributed by atoms with Gasteiger partial charge < -0.3 is 9.47 Å². The van der Waals surface area contributed by atoms with Crippen molar-refractivity contribution in [1.29, 1.82) is 0 Å². The lowest BCUT2D eigenvalue weighted by atomic mass is 10.2. The summed E-state index contributed by atoms with van der Waals surface area (Å²) < 4.78 is 9.74. The van der Waals surface area contributed by atoms with E-state index in [1.807, 2.05) is 6.92 Å². The number of epoxide rings is 1. The first kappa shape index (κ1) is 7.54. The molecule has 0 N–H and O–H groups in total. The molecule has 1 aliphatic heterocycles. The van der Waals surface area contributed by atoms with Gasteiger partial charge in [0, 0.05) is 0 Å². The molecule has 0 aromatic carbocycles. The molecule has 58 valence electrons. The highest BCUT2D eigenvalue weighted by molar-refractivity contribution is 5.77. The third kappa shape index (κ3) is 1.48. The third-order valence-electron chi connectivity index (χ3n) is 1.50. The van der Waals surface area contributed by atoms with E-state index in [0.29, 0.717) is 6.61 Å². The lowest BCUT2D eigenvalue weighted by Crippen LogP contribution is -2.13. The third-order valence-corrected chi connectivity index (χ3v) is 1.50. The molecule has 2 atom stereocenters. The number of hydrogen-bond acceptors (Lipinski definition) is 3. The lowest BCUT2D eigenvalue weighted by Gasteiger charge is -1.94. The molecule has 0 amide bonds. The molecule has 0 saturated carbocycles. The SMILES string of the molecule is CCOC(=O)[C@@H]1O[C@H]1CC. The molecular formula is C7H12O3. The predicted octanol–water partition coefficient (Wildman–Crippen LogP) is 0.727. The molecule has 0 aliphatic carbocycles. The van der Waals surface area contributed by atoms with Gasteiger partial charge in [0.05, 0.1) is 12.7 Å². The van der Waals surface area contributed by atoms with E-state index in [9.17, 15) is 4.79 Å². The van der Waals surface area contributed by atoms with Crippen LogP contribution in [-0.4, -0.2) is 24.8 Å². The minimum Gasteiger partial charge on any atom is -0.464 e. The number of carbonyl (C=O) groups excluding carboxylic acids is 1. The maximum absolute atomic E-state index is 10.8. The Morgan fingerprint density at radius 3 is 2.70 bits per heavy atom. The van der Waals surface area contributed by atoms with Crippen molar-refractivity contribution in [3.05, 3.63) is 0 Å². The fourth-order valence-corrected chi connectivity index (χ4v) is 0.885. The van der Waals surface area contributed by atoms with Crippen LogP contribution < -0.4 is 0 Å². The lowest BCUT2D eigenvalue weighted by molar-refractivity contribution is -0.144. The van der Waals surface area contributed by atoms with Crippen molar-refractivity contribution in [1.82, 2.24) is 0 Å². The highest BCUT2D eigenvalue weighted by atomic mass is 16.6. The van der Waals surface area contributed by atoms with Crippen LogP contribution in [0.25, 0.3) is 0 Å². The van der Waals surface area contributed by atoms with Crippen molar-refractivity contribution in [2.45, 2.75) is 32.5 Å². The van der Waals surface area contributed by atoms with Gasteiger partial charge in [-0.1, -0.05) is 6.92 Å². The molecule has 0 aromatic heterocycles. The van der Waals surface area contributed by atoms with Gasteiger partial charge in [0.15, 0.2) is 6.10 Å². The Hall–Kier alpha value is -0.570. The van der Waals surface area contributed by atoms with Crippen molar-refractivity contribution < 1.29 is 14.3 Å². The summed E-state index contributed by atoms with van der Waals surface area (Å²) in [6.45, 7) is 4.22. The van der Waals surface area contributed by atoms with Crippen molar-refractivity contribution in [3.8, 4) is 0 Å². The Kier molecular flexibility index (Phi) is 2.27. The summed E-state index contributed by atoms with van der Waals surface area (Å²) >= 11 is 0. The molecule has 3 heteroatoms. The van der Waals surface area contributed by atoms with Crippen molar-refractivity contribution in [2.75, 3.05) is 6.61 Å². The summed E-state index contributed by atoms with van der Waals surface area (Å²) in [7, 11) is 0. The zero-order valence-electron chi connectivity index (χ0n) is 6.29. The van der Waals surface area contributed by atoms with Gasteiger partial charge in [0.25, 0.3) is 0 Å². The molecule has 1 rings (SSSR count). The van der Waals surface area contributed by atoms with Crippen molar-refractivity contribution in [3.63, 3.8) is 0 Å². The Balaban J connectivity index is 2.19. The number of rotatable bonds is 3. The first-order chi connectivity index (χ1) is 4.79. The number of carbonyl (C=O) groups is 1. The normalized spacial score (nSPS) is 29.8. The van der Waals surface area contributed by atoms with Gasteiger partial charge in [-0.15, -0.1) is 0 Å². The Labute approximate surface area is 60.3 Å². The molecular weight excluding hydrogens is 132 g/mol. The summed E-state index contributed by atoms with van der Waals surface area (Å²) in [6.07, 6.45) is 0.757. The Morgan fingerprint density at radius 2 is 2.30 bits per heavy atom. The van der Waals surface area contributed by atoms with Gasteiger partial charge in [-0.05, 0) is 13.3 Å². The van der Waals surface area contributed by atoms with E-state index >= 15 is 0 Å². The zero-order valence-corrected chi connectivity index (χ0v) is 6.29. The standard InChI is InChI=1S/C7H12O3/c1-3-5-6(10-5)7(8)9-4-2/h5-6H,3-4H2,1-2H3/t5-,6+/m0/s1. The summed E-state index contributed by atoms with van der Waals surface area (Å²) in [4.78, 5) is 10.8. The van der Waals surface area contributed by atoms with Gasteiger partial charge >= 0.3 is 5.97 Å². The summed E-state index contributed by atoms with van der Waals surface area (Å²) in [5.41, 5.74) is 0. The molecule has 1 fully saturated rings. The van der Waals surface area contributed by atoms with Crippen LogP contribution in [0.2, 0.25) is 0 Å². The Bertz CT molecular complexity index is 133. The fraction of sp³-hybridized carbons (Fsp3) is 0.857. The average Bonchev–Trinajstić information content (AvgIpc) is 2.66. The fourth-order valence-electron chi connectivity index (χ4n) is 0.885. The van der Waals surface area contributed by atoms with Crippen LogP contribution in [0.4, 0.5) is 0 Å². The van der Waals surface area contributed by atoms with Crippen LogP contribution in [0.3, 0.4) is 0 Å². The maximum Gasteiger partial charge on any atom is 0.337 e. The average molecular weight is 144 g/mol. The zero-order chi connectivity index (χ0) is 7.56. The van der Waals surface area contributed by atoms with Crippen molar-refractivity contribution in [2.24, 2.45) is 0 Å². The van der Waals surface area contributed by atoms with E-state index in [2.05, 4.69) is 0 Å². The first-order valence-corrected chi connectivity index (χ1v) is 3.61. The molecule has 0 aromatic rings. The predicted molar refractivity (Wildman–Crippen MR) is 35.6 cm³/mol. The molecule has 0 unspecified atom stereocenters. The second-order valence-corrected chi connectivity index (χ2v) is 2.26. The maximum atomic E-state index is 10.8. The largest absolute Gasteiger partial charge is 0.464 e. The molecule has 3 nitrogen and oxygen atoms in total. The van der Waals surface area contributed by atoms with E-state index < -0.39 is 0 Å². The van der Waals surface area contributed by atoms with Crippen LogP contribution in [0.5, 0.6) is 0 Å². The molecule has 1 aliphatic rings. The summed E-state index contributed by atoms with van der Waals surface area (Å²) in [5, 5.41) is 0. The van der Waals surface area contributed by atoms with Crippen molar-refractivity contribution >= 4 is 5.97 Å². The van der Waals surface area contributed by atoms with E-state index in [1.165, 1.54) is 0 Å². The molecule has 0 bridgehead atoms. The molecule has 1 heterocycles. The van der Waals surface area contributed by atoms with Gasteiger partial charge in [-0.3, -0.25) is 0 Å². The second-order valence-electron chi connectivity index (χ2n) is 2.26. The van der Waals surface area contributed by atoms with Gasteiger partial charge in [0.1, 0.15) is 0 Å². The topological polar surface area (TPSA) is 38.8 Å². The molecule has 10 heavy (non-hydrogen) atoms. The van der Waals surface area contributed by atoms with Crippen LogP contribution in [0, 0.1) is 0 Å². The highest BCUT2D eigenvalue weighted by Crippen LogP contribution is 2.25. The highest BCUT2D eigenvalue weighted by Gasteiger charge is 2.44. The van der Waals surface area contributed by atoms with E-state index in [-0.39, 0.29) is 18.2 Å². The quantitative estimate of drug-likeness (QED) is 0.433. The summed E-state index contributed by atoms with van der Waals surface area (Å²) in [6, 6.07) is 0. The molecule has 1 saturated heterocycles. The molecule has 0 spiro atoms. The van der Waals surface area contributed by atoms with Crippen LogP contribution in [0.15, 0.2) is 0 Å². The Morgan fingerprint density at radius 1 is 1.60 bits per heavy atom. The van der Waals surface area contributed by atoms with Crippen LogP contribution in [-0.2, 0) is 14.3 Å².